The lowest BCUT2D eigenvalue weighted by Crippen LogP contribution is -2.24. The number of carbonyl (C=O) groups excluding carboxylic acids is 1. The first kappa shape index (κ1) is 9.70. The monoisotopic (exact) mass is 183 g/mol. The molecule has 5 nitrogen and oxygen atoms in total. The van der Waals surface area contributed by atoms with E-state index in [9.17, 15) is 4.79 Å². The predicted octanol–water partition coefficient (Wildman–Crippen LogP) is 0.908. The molecule has 0 radical (unpaired) electrons. The standard InChI is InChI=1S/C8H13N3O2/c1-3-4-5-9-7(12)8-11-10-6(2)13-8/h3-5H2,1-2H3,(H,9,12). The number of carbonyl (C=O) groups is 1. The van der Waals surface area contributed by atoms with Crippen LogP contribution in [0.4, 0.5) is 0 Å². The summed E-state index contributed by atoms with van der Waals surface area (Å²) in [5, 5.41) is 9.83. The molecule has 0 saturated heterocycles. The smallest absolute Gasteiger partial charge is 0.308 e. The highest BCUT2D eigenvalue weighted by Gasteiger charge is 2.11. The van der Waals surface area contributed by atoms with Crippen molar-refractivity contribution in [3.63, 3.8) is 0 Å². The minimum atomic E-state index is -0.297. The summed E-state index contributed by atoms with van der Waals surface area (Å²) >= 11 is 0. The quantitative estimate of drug-likeness (QED) is 0.704. The molecule has 1 heterocycles. The van der Waals surface area contributed by atoms with Crippen molar-refractivity contribution < 1.29 is 9.21 Å². The van der Waals surface area contributed by atoms with E-state index in [0.717, 1.165) is 12.8 Å². The molecule has 1 rings (SSSR count). The maximum Gasteiger partial charge on any atom is 0.308 e. The molecule has 72 valence electrons. The van der Waals surface area contributed by atoms with Crippen LogP contribution in [-0.2, 0) is 0 Å². The van der Waals surface area contributed by atoms with Crippen molar-refractivity contribution in [2.75, 3.05) is 6.54 Å². The van der Waals surface area contributed by atoms with Gasteiger partial charge in [-0.05, 0) is 6.42 Å². The number of hydrogen-bond donors (Lipinski definition) is 1. The zero-order valence-corrected chi connectivity index (χ0v) is 7.83. The first-order chi connectivity index (χ1) is 6.24. The summed E-state index contributed by atoms with van der Waals surface area (Å²) in [4.78, 5) is 11.2. The summed E-state index contributed by atoms with van der Waals surface area (Å²) in [5.41, 5.74) is 0. The fourth-order valence-corrected chi connectivity index (χ4v) is 0.843. The maximum atomic E-state index is 11.2. The normalized spacial score (nSPS) is 10.0. The van der Waals surface area contributed by atoms with Gasteiger partial charge in [-0.15, -0.1) is 10.2 Å². The van der Waals surface area contributed by atoms with Crippen LogP contribution in [0, 0.1) is 6.92 Å². The van der Waals surface area contributed by atoms with Crippen molar-refractivity contribution in [1.29, 1.82) is 0 Å². The molecular formula is C8H13N3O2. The Morgan fingerprint density at radius 1 is 1.54 bits per heavy atom. The van der Waals surface area contributed by atoms with Gasteiger partial charge in [-0.25, -0.2) is 0 Å². The first-order valence-electron chi connectivity index (χ1n) is 4.32. The number of aryl methyl sites for hydroxylation is 1. The molecular weight excluding hydrogens is 170 g/mol. The van der Waals surface area contributed by atoms with Crippen molar-refractivity contribution in [2.45, 2.75) is 26.7 Å². The van der Waals surface area contributed by atoms with Gasteiger partial charge in [0.05, 0.1) is 0 Å². The van der Waals surface area contributed by atoms with Gasteiger partial charge in [0.15, 0.2) is 0 Å². The van der Waals surface area contributed by atoms with Gasteiger partial charge >= 0.3 is 11.8 Å². The number of hydrogen-bond acceptors (Lipinski definition) is 4. The third kappa shape index (κ3) is 2.85. The Labute approximate surface area is 76.5 Å². The van der Waals surface area contributed by atoms with Crippen LogP contribution in [0.1, 0.15) is 36.3 Å². The van der Waals surface area contributed by atoms with Crippen molar-refractivity contribution in [3.05, 3.63) is 11.8 Å². The van der Waals surface area contributed by atoms with Crippen LogP contribution >= 0.6 is 0 Å². The maximum absolute atomic E-state index is 11.2. The van der Waals surface area contributed by atoms with Gasteiger partial charge in [0, 0.05) is 13.5 Å². The van der Waals surface area contributed by atoms with Crippen LogP contribution in [0.5, 0.6) is 0 Å². The Morgan fingerprint density at radius 2 is 2.31 bits per heavy atom. The highest BCUT2D eigenvalue weighted by Crippen LogP contribution is 1.97. The van der Waals surface area contributed by atoms with Crippen molar-refractivity contribution in [3.8, 4) is 0 Å². The Hall–Kier alpha value is -1.39. The van der Waals surface area contributed by atoms with Gasteiger partial charge in [0.25, 0.3) is 0 Å². The van der Waals surface area contributed by atoms with Crippen LogP contribution in [-0.4, -0.2) is 22.6 Å². The van der Waals surface area contributed by atoms with Gasteiger partial charge in [-0.1, -0.05) is 13.3 Å². The van der Waals surface area contributed by atoms with Crippen LogP contribution < -0.4 is 5.32 Å². The summed E-state index contributed by atoms with van der Waals surface area (Å²) in [5.74, 6) is 0.142. The molecule has 0 atom stereocenters. The molecule has 1 amide bonds. The summed E-state index contributed by atoms with van der Waals surface area (Å²) in [6, 6.07) is 0. The Bertz CT molecular complexity index is 283. The van der Waals surface area contributed by atoms with E-state index in [1.807, 2.05) is 0 Å². The lowest BCUT2D eigenvalue weighted by atomic mass is 10.3. The van der Waals surface area contributed by atoms with Crippen LogP contribution in [0.3, 0.4) is 0 Å². The molecule has 0 fully saturated rings. The molecule has 5 heteroatoms. The largest absolute Gasteiger partial charge is 0.417 e. The number of aromatic nitrogens is 2. The number of nitrogens with one attached hydrogen (secondary N) is 1. The van der Waals surface area contributed by atoms with E-state index in [-0.39, 0.29) is 11.8 Å². The van der Waals surface area contributed by atoms with Gasteiger partial charge in [-0.3, -0.25) is 4.79 Å². The Morgan fingerprint density at radius 3 is 2.85 bits per heavy atom. The van der Waals surface area contributed by atoms with Gasteiger partial charge in [-0.2, -0.15) is 0 Å². The second-order valence-electron chi connectivity index (χ2n) is 2.74. The van der Waals surface area contributed by atoms with Crippen LogP contribution in [0.2, 0.25) is 0 Å². The Balaban J connectivity index is 2.40. The molecule has 0 saturated carbocycles. The van der Waals surface area contributed by atoms with Crippen LogP contribution in [0.15, 0.2) is 4.42 Å². The average molecular weight is 183 g/mol. The highest BCUT2D eigenvalue weighted by molar-refractivity contribution is 5.89. The van der Waals surface area contributed by atoms with Gasteiger partial charge < -0.3 is 9.73 Å². The second kappa shape index (κ2) is 4.59. The minimum Gasteiger partial charge on any atom is -0.417 e. The molecule has 0 aliphatic carbocycles. The summed E-state index contributed by atoms with van der Waals surface area (Å²) < 4.78 is 4.94. The molecule has 0 spiro atoms. The van der Waals surface area contributed by atoms with E-state index in [2.05, 4.69) is 22.4 Å². The zero-order chi connectivity index (χ0) is 9.68. The van der Waals surface area contributed by atoms with Crippen molar-refractivity contribution in [1.82, 2.24) is 15.5 Å². The lowest BCUT2D eigenvalue weighted by Gasteiger charge is -1.98. The highest BCUT2D eigenvalue weighted by atomic mass is 16.4. The lowest BCUT2D eigenvalue weighted by molar-refractivity contribution is 0.0917. The zero-order valence-electron chi connectivity index (χ0n) is 7.83. The second-order valence-corrected chi connectivity index (χ2v) is 2.74. The Kier molecular flexibility index (Phi) is 3.42. The van der Waals surface area contributed by atoms with Crippen molar-refractivity contribution in [2.24, 2.45) is 0 Å². The molecule has 0 aromatic carbocycles. The number of nitrogens with zero attached hydrogens (tertiary/aromatic N) is 2. The molecule has 0 aliphatic rings. The fraction of sp³-hybridized carbons (Fsp3) is 0.625. The van der Waals surface area contributed by atoms with E-state index in [4.69, 9.17) is 4.42 Å². The topological polar surface area (TPSA) is 68.0 Å². The molecule has 0 aliphatic heterocycles. The predicted molar refractivity (Wildman–Crippen MR) is 46.3 cm³/mol. The number of unbranched alkanes of at least 4 members (excludes halogenated alkanes) is 1. The van der Waals surface area contributed by atoms with E-state index in [1.165, 1.54) is 0 Å². The van der Waals surface area contributed by atoms with Crippen LogP contribution in [0.25, 0.3) is 0 Å². The SMILES string of the molecule is CCCCNC(=O)c1nnc(C)o1. The molecule has 1 aromatic rings. The summed E-state index contributed by atoms with van der Waals surface area (Å²) in [7, 11) is 0. The number of amides is 1. The van der Waals surface area contributed by atoms with E-state index in [0.29, 0.717) is 12.4 Å². The third-order valence-corrected chi connectivity index (χ3v) is 1.54. The first-order valence-corrected chi connectivity index (χ1v) is 4.32. The molecule has 13 heavy (non-hydrogen) atoms. The third-order valence-electron chi connectivity index (χ3n) is 1.54. The molecule has 1 aromatic heterocycles. The fourth-order valence-electron chi connectivity index (χ4n) is 0.843. The average Bonchev–Trinajstić information content (AvgIpc) is 2.52. The van der Waals surface area contributed by atoms with E-state index >= 15 is 0 Å². The minimum absolute atomic E-state index is 0.0357. The van der Waals surface area contributed by atoms with Gasteiger partial charge in [0.2, 0.25) is 5.89 Å². The van der Waals surface area contributed by atoms with E-state index < -0.39 is 0 Å². The van der Waals surface area contributed by atoms with Gasteiger partial charge in [0.1, 0.15) is 0 Å². The summed E-state index contributed by atoms with van der Waals surface area (Å²) in [6.07, 6.45) is 2.00. The molecule has 0 unspecified atom stereocenters. The molecule has 0 bridgehead atoms. The molecule has 1 N–H and O–H groups in total. The van der Waals surface area contributed by atoms with Crippen molar-refractivity contribution >= 4 is 5.91 Å². The number of rotatable bonds is 4. The van der Waals surface area contributed by atoms with E-state index in [1.54, 1.807) is 6.92 Å². The summed E-state index contributed by atoms with van der Waals surface area (Å²) in [6.45, 7) is 4.36.